The van der Waals surface area contributed by atoms with Crippen molar-refractivity contribution in [3.05, 3.63) is 29.3 Å². The van der Waals surface area contributed by atoms with Gasteiger partial charge in [-0.3, -0.25) is 4.90 Å². The van der Waals surface area contributed by atoms with Crippen molar-refractivity contribution >= 4 is 11.3 Å². The van der Waals surface area contributed by atoms with Gasteiger partial charge in [-0.25, -0.2) is 4.98 Å². The van der Waals surface area contributed by atoms with Gasteiger partial charge < -0.3 is 9.47 Å². The molecular formula is C21H28N2O2S. The predicted molar refractivity (Wildman–Crippen MR) is 106 cm³/mol. The Balaban J connectivity index is 1.49. The Labute approximate surface area is 160 Å². The minimum atomic E-state index is 0.753. The zero-order valence-corrected chi connectivity index (χ0v) is 16.6. The average Bonchev–Trinajstić information content (AvgIpc) is 3.16. The monoisotopic (exact) mass is 372 g/mol. The van der Waals surface area contributed by atoms with Gasteiger partial charge in [0.15, 0.2) is 11.5 Å². The Hall–Kier alpha value is -1.59. The maximum Gasteiger partial charge on any atom is 0.161 e. The molecule has 1 aliphatic heterocycles. The van der Waals surface area contributed by atoms with Gasteiger partial charge >= 0.3 is 0 Å². The lowest BCUT2D eigenvalue weighted by Crippen LogP contribution is -2.46. The zero-order chi connectivity index (χ0) is 17.9. The van der Waals surface area contributed by atoms with Crippen LogP contribution in [0.5, 0.6) is 11.5 Å². The molecule has 2 aliphatic rings. The summed E-state index contributed by atoms with van der Waals surface area (Å²) in [5, 5.41) is 3.27. The Morgan fingerprint density at radius 3 is 2.73 bits per heavy atom. The number of aromatic nitrogens is 1. The summed E-state index contributed by atoms with van der Waals surface area (Å²) in [6.07, 6.45) is 8.39. The number of rotatable bonds is 5. The molecule has 2 aromatic rings. The van der Waals surface area contributed by atoms with Crippen molar-refractivity contribution in [3.63, 3.8) is 0 Å². The third-order valence-electron chi connectivity index (χ3n) is 5.91. The van der Waals surface area contributed by atoms with Gasteiger partial charge in [0.1, 0.15) is 5.01 Å². The van der Waals surface area contributed by atoms with Crippen LogP contribution in [0.4, 0.5) is 0 Å². The summed E-state index contributed by atoms with van der Waals surface area (Å²) in [6, 6.07) is 6.80. The fourth-order valence-corrected chi connectivity index (χ4v) is 5.42. The highest BCUT2D eigenvalue weighted by atomic mass is 32.1. The molecule has 0 bridgehead atoms. The molecule has 2 fully saturated rings. The number of benzene rings is 1. The summed E-state index contributed by atoms with van der Waals surface area (Å²) in [4.78, 5) is 7.62. The van der Waals surface area contributed by atoms with Crippen LogP contribution in [0, 0.1) is 5.92 Å². The van der Waals surface area contributed by atoms with Gasteiger partial charge in [0.2, 0.25) is 0 Å². The van der Waals surface area contributed by atoms with E-state index in [4.69, 9.17) is 14.5 Å². The largest absolute Gasteiger partial charge is 0.493 e. The topological polar surface area (TPSA) is 34.6 Å². The Bertz CT molecular complexity index is 743. The van der Waals surface area contributed by atoms with Crippen molar-refractivity contribution in [1.29, 1.82) is 0 Å². The van der Waals surface area contributed by atoms with E-state index in [1.165, 1.54) is 50.8 Å². The SMILES string of the molecule is COc1ccc(-c2nc(CN3CCC[C@@H]4CCCC[C@@H]43)cs2)cc1OC. The van der Waals surface area contributed by atoms with E-state index in [1.807, 2.05) is 12.1 Å². The molecule has 1 saturated heterocycles. The van der Waals surface area contributed by atoms with Crippen molar-refractivity contribution in [3.8, 4) is 22.1 Å². The molecule has 5 heteroatoms. The van der Waals surface area contributed by atoms with Crippen LogP contribution in [0.15, 0.2) is 23.6 Å². The average molecular weight is 373 g/mol. The first-order valence-electron chi connectivity index (χ1n) is 9.69. The summed E-state index contributed by atoms with van der Waals surface area (Å²) in [5.41, 5.74) is 2.29. The lowest BCUT2D eigenvalue weighted by molar-refractivity contribution is 0.0539. The third-order valence-corrected chi connectivity index (χ3v) is 6.85. The molecule has 1 aliphatic carbocycles. The van der Waals surface area contributed by atoms with E-state index < -0.39 is 0 Å². The van der Waals surface area contributed by atoms with Crippen molar-refractivity contribution < 1.29 is 9.47 Å². The Morgan fingerprint density at radius 1 is 1.08 bits per heavy atom. The van der Waals surface area contributed by atoms with Crippen molar-refractivity contribution in [2.24, 2.45) is 5.92 Å². The lowest BCUT2D eigenvalue weighted by atomic mass is 9.78. The standard InChI is InChI=1S/C21H28N2O2S/c1-24-19-10-9-16(12-20(19)25-2)21-22-17(14-26-21)13-23-11-5-7-15-6-3-4-8-18(15)23/h9-10,12,14-15,18H,3-8,11,13H2,1-2H3/t15-,18-/m0/s1. The van der Waals surface area contributed by atoms with Gasteiger partial charge in [-0.2, -0.15) is 0 Å². The second-order valence-corrected chi connectivity index (χ2v) is 8.30. The number of likely N-dealkylation sites (tertiary alicyclic amines) is 1. The first-order valence-corrected chi connectivity index (χ1v) is 10.6. The fourth-order valence-electron chi connectivity index (χ4n) is 4.61. The molecule has 0 amide bonds. The zero-order valence-electron chi connectivity index (χ0n) is 15.7. The van der Waals surface area contributed by atoms with Gasteiger partial charge in [-0.1, -0.05) is 12.8 Å². The minimum absolute atomic E-state index is 0.753. The molecule has 4 nitrogen and oxygen atoms in total. The highest BCUT2D eigenvalue weighted by molar-refractivity contribution is 7.13. The number of methoxy groups -OCH3 is 2. The van der Waals surface area contributed by atoms with Crippen LogP contribution < -0.4 is 9.47 Å². The molecule has 0 spiro atoms. The molecule has 0 N–H and O–H groups in total. The number of nitrogens with zero attached hydrogens (tertiary/aromatic N) is 2. The van der Waals surface area contributed by atoms with Crippen molar-refractivity contribution in [1.82, 2.24) is 9.88 Å². The van der Waals surface area contributed by atoms with E-state index in [0.717, 1.165) is 40.6 Å². The van der Waals surface area contributed by atoms with Gasteiger partial charge in [-0.15, -0.1) is 11.3 Å². The van der Waals surface area contributed by atoms with E-state index >= 15 is 0 Å². The van der Waals surface area contributed by atoms with Gasteiger partial charge in [0.05, 0.1) is 19.9 Å². The molecule has 0 unspecified atom stereocenters. The van der Waals surface area contributed by atoms with E-state index in [1.54, 1.807) is 25.6 Å². The highest BCUT2D eigenvalue weighted by Crippen LogP contribution is 2.37. The van der Waals surface area contributed by atoms with Crippen LogP contribution >= 0.6 is 11.3 Å². The molecule has 2 atom stereocenters. The molecule has 1 aromatic carbocycles. The fraction of sp³-hybridized carbons (Fsp3) is 0.571. The number of thiazole rings is 1. The second kappa shape index (κ2) is 7.97. The molecule has 4 rings (SSSR count). The molecule has 1 saturated carbocycles. The summed E-state index contributed by atoms with van der Waals surface area (Å²) < 4.78 is 10.8. The van der Waals surface area contributed by atoms with Crippen LogP contribution in [-0.4, -0.2) is 36.7 Å². The summed E-state index contributed by atoms with van der Waals surface area (Å²) >= 11 is 1.72. The molecule has 26 heavy (non-hydrogen) atoms. The van der Waals surface area contributed by atoms with E-state index in [2.05, 4.69) is 16.3 Å². The summed E-state index contributed by atoms with van der Waals surface area (Å²) in [6.45, 7) is 2.22. The maximum atomic E-state index is 5.43. The van der Waals surface area contributed by atoms with Gasteiger partial charge in [-0.05, 0) is 56.3 Å². The van der Waals surface area contributed by atoms with E-state index in [9.17, 15) is 0 Å². The number of fused-ring (bicyclic) bond motifs is 1. The van der Waals surface area contributed by atoms with Crippen LogP contribution in [0.1, 0.15) is 44.2 Å². The normalized spacial score (nSPS) is 23.5. The Morgan fingerprint density at radius 2 is 1.88 bits per heavy atom. The first-order chi connectivity index (χ1) is 12.8. The molecule has 2 heterocycles. The minimum Gasteiger partial charge on any atom is -0.493 e. The third kappa shape index (κ3) is 3.60. The lowest BCUT2D eigenvalue weighted by Gasteiger charge is -2.44. The van der Waals surface area contributed by atoms with Crippen LogP contribution in [-0.2, 0) is 6.54 Å². The summed E-state index contributed by atoms with van der Waals surface area (Å²) in [7, 11) is 3.34. The van der Waals surface area contributed by atoms with Crippen LogP contribution in [0.3, 0.4) is 0 Å². The quantitative estimate of drug-likeness (QED) is 0.741. The van der Waals surface area contributed by atoms with E-state index in [0.29, 0.717) is 0 Å². The maximum absolute atomic E-state index is 5.43. The second-order valence-electron chi connectivity index (χ2n) is 7.44. The highest BCUT2D eigenvalue weighted by Gasteiger charge is 2.33. The number of ether oxygens (including phenoxy) is 2. The molecule has 0 radical (unpaired) electrons. The smallest absolute Gasteiger partial charge is 0.161 e. The predicted octanol–water partition coefficient (Wildman–Crippen LogP) is 4.98. The van der Waals surface area contributed by atoms with Gasteiger partial charge in [0, 0.05) is 23.5 Å². The van der Waals surface area contributed by atoms with Crippen LogP contribution in [0.25, 0.3) is 10.6 Å². The first kappa shape index (κ1) is 17.8. The number of hydrogen-bond acceptors (Lipinski definition) is 5. The van der Waals surface area contributed by atoms with Crippen molar-refractivity contribution in [2.75, 3.05) is 20.8 Å². The summed E-state index contributed by atoms with van der Waals surface area (Å²) in [5.74, 6) is 2.42. The molecular weight excluding hydrogens is 344 g/mol. The molecule has 140 valence electrons. The van der Waals surface area contributed by atoms with E-state index in [-0.39, 0.29) is 0 Å². The van der Waals surface area contributed by atoms with Gasteiger partial charge in [0.25, 0.3) is 0 Å². The number of piperidine rings is 1. The molecule has 1 aromatic heterocycles. The Kier molecular flexibility index (Phi) is 5.46. The van der Waals surface area contributed by atoms with Crippen molar-refractivity contribution in [2.45, 2.75) is 51.1 Å². The number of hydrogen-bond donors (Lipinski definition) is 0. The van der Waals surface area contributed by atoms with Crippen LogP contribution in [0.2, 0.25) is 0 Å².